The monoisotopic (exact) mass is 275 g/mol. The fourth-order valence-corrected chi connectivity index (χ4v) is 2.12. The highest BCUT2D eigenvalue weighted by molar-refractivity contribution is 5.88. The Balaban J connectivity index is 1.72. The number of ketones is 1. The Bertz CT molecular complexity index is 547. The van der Waals surface area contributed by atoms with E-state index in [1.165, 1.54) is 0 Å². The van der Waals surface area contributed by atoms with Crippen molar-refractivity contribution in [1.29, 1.82) is 5.26 Å². The lowest BCUT2D eigenvalue weighted by atomic mass is 9.73. The van der Waals surface area contributed by atoms with Gasteiger partial charge >= 0.3 is 0 Å². The molecule has 5 nitrogen and oxygen atoms in total. The smallest absolute Gasteiger partial charge is 0.223 e. The number of hydrogen-bond acceptors (Lipinski definition) is 4. The van der Waals surface area contributed by atoms with Gasteiger partial charge in [-0.1, -0.05) is 0 Å². The summed E-state index contributed by atoms with van der Waals surface area (Å²) in [5.41, 5.74) is -1.04. The number of nitrogens with one attached hydrogen (secondary N) is 1. The molecule has 1 aromatic rings. The van der Waals surface area contributed by atoms with Crippen molar-refractivity contribution in [2.45, 2.75) is 24.9 Å². The molecule has 0 aromatic carbocycles. The largest absolute Gasteiger partial charge is 0.349 e. The van der Waals surface area contributed by atoms with Gasteiger partial charge in [-0.2, -0.15) is 5.26 Å². The molecule has 6 heteroatoms. The normalized spacial score (nSPS) is 24.3. The summed E-state index contributed by atoms with van der Waals surface area (Å²) in [6.07, 6.45) is 3.23. The molecule has 2 rings (SSSR count). The lowest BCUT2D eigenvalue weighted by Crippen LogP contribution is -2.47. The summed E-state index contributed by atoms with van der Waals surface area (Å²) in [5.74, 6) is -0.999. The highest BCUT2D eigenvalue weighted by Gasteiger charge is 2.48. The third-order valence-electron chi connectivity index (χ3n) is 3.32. The molecule has 0 saturated heterocycles. The van der Waals surface area contributed by atoms with Gasteiger partial charge in [0.2, 0.25) is 5.91 Å². The van der Waals surface area contributed by atoms with Gasteiger partial charge < -0.3 is 5.32 Å². The summed E-state index contributed by atoms with van der Waals surface area (Å²) in [5, 5.41) is 11.0. The predicted octanol–water partition coefficient (Wildman–Crippen LogP) is 0.951. The van der Waals surface area contributed by atoms with E-state index in [4.69, 9.17) is 5.26 Å². The second-order valence-electron chi connectivity index (χ2n) is 4.97. The van der Waals surface area contributed by atoms with Crippen molar-refractivity contribution in [2.75, 3.05) is 6.54 Å². The summed E-state index contributed by atoms with van der Waals surface area (Å²) in [7, 11) is 0. The number of carbonyl (C=O) groups excluding carboxylic acids is 2. The van der Waals surface area contributed by atoms with Crippen LogP contribution >= 0.6 is 0 Å². The van der Waals surface area contributed by atoms with Crippen LogP contribution in [0.3, 0.4) is 0 Å². The summed E-state index contributed by atoms with van der Waals surface area (Å²) >= 11 is 0. The first kappa shape index (κ1) is 14.1. The zero-order valence-corrected chi connectivity index (χ0v) is 10.8. The van der Waals surface area contributed by atoms with Gasteiger partial charge in [-0.05, 0) is 17.7 Å². The Morgan fingerprint density at radius 1 is 1.45 bits per heavy atom. The second kappa shape index (κ2) is 5.78. The number of carbonyl (C=O) groups is 2. The van der Waals surface area contributed by atoms with Crippen LogP contribution in [0.15, 0.2) is 24.5 Å². The molecule has 0 bridgehead atoms. The highest BCUT2D eigenvalue weighted by Crippen LogP contribution is 2.40. The number of pyridine rings is 1. The Hall–Kier alpha value is -2.29. The molecule has 1 aliphatic carbocycles. The van der Waals surface area contributed by atoms with E-state index >= 15 is 0 Å². The van der Waals surface area contributed by atoms with Crippen LogP contribution in [0.1, 0.15) is 18.4 Å². The van der Waals surface area contributed by atoms with Crippen LogP contribution < -0.4 is 5.32 Å². The van der Waals surface area contributed by atoms with E-state index in [1.807, 2.05) is 0 Å². The molecule has 1 saturated carbocycles. The summed E-state index contributed by atoms with van der Waals surface area (Å²) in [4.78, 5) is 27.2. The molecule has 1 aromatic heterocycles. The third-order valence-corrected chi connectivity index (χ3v) is 3.32. The van der Waals surface area contributed by atoms with Crippen molar-refractivity contribution >= 4 is 11.7 Å². The van der Waals surface area contributed by atoms with Crippen LogP contribution in [-0.4, -0.2) is 28.9 Å². The van der Waals surface area contributed by atoms with Crippen molar-refractivity contribution in [3.8, 4) is 6.07 Å². The topological polar surface area (TPSA) is 82.9 Å². The molecular formula is C14H14FN3O2. The van der Waals surface area contributed by atoms with Crippen molar-refractivity contribution in [3.63, 3.8) is 0 Å². The van der Waals surface area contributed by atoms with E-state index in [-0.39, 0.29) is 37.5 Å². The maximum absolute atomic E-state index is 13.3. The van der Waals surface area contributed by atoms with E-state index in [9.17, 15) is 14.0 Å². The molecule has 1 heterocycles. The Morgan fingerprint density at radius 3 is 2.70 bits per heavy atom. The van der Waals surface area contributed by atoms with Crippen LogP contribution in [0.5, 0.6) is 0 Å². The molecule has 20 heavy (non-hydrogen) atoms. The lowest BCUT2D eigenvalue weighted by molar-refractivity contribution is -0.133. The van der Waals surface area contributed by atoms with Gasteiger partial charge in [0.15, 0.2) is 11.5 Å². The van der Waals surface area contributed by atoms with Gasteiger partial charge in [0.25, 0.3) is 0 Å². The molecule has 0 spiro atoms. The third kappa shape index (κ3) is 3.38. The number of rotatable bonds is 5. The van der Waals surface area contributed by atoms with Crippen molar-refractivity contribution < 1.29 is 14.0 Å². The summed E-state index contributed by atoms with van der Waals surface area (Å²) in [6, 6.07) is 5.00. The zero-order valence-electron chi connectivity index (χ0n) is 10.8. The maximum Gasteiger partial charge on any atom is 0.223 e. The Kier molecular flexibility index (Phi) is 4.08. The number of amides is 1. The van der Waals surface area contributed by atoms with E-state index in [1.54, 1.807) is 30.6 Å². The minimum atomic E-state index is -1.87. The van der Waals surface area contributed by atoms with Gasteiger partial charge in [0, 0.05) is 37.6 Å². The van der Waals surface area contributed by atoms with Crippen LogP contribution in [0.2, 0.25) is 0 Å². The number of aromatic nitrogens is 1. The number of nitriles is 1. The zero-order chi connectivity index (χ0) is 14.6. The highest BCUT2D eigenvalue weighted by atomic mass is 19.1. The molecule has 1 aliphatic rings. The number of hydrogen-bond donors (Lipinski definition) is 1. The summed E-state index contributed by atoms with van der Waals surface area (Å²) < 4.78 is 13.3. The van der Waals surface area contributed by atoms with Gasteiger partial charge in [0.1, 0.15) is 6.07 Å². The van der Waals surface area contributed by atoms with Crippen LogP contribution in [0, 0.1) is 17.2 Å². The van der Waals surface area contributed by atoms with E-state index in [0.717, 1.165) is 5.56 Å². The van der Waals surface area contributed by atoms with E-state index in [0.29, 0.717) is 0 Å². The van der Waals surface area contributed by atoms with Crippen molar-refractivity contribution in [2.24, 2.45) is 5.92 Å². The lowest BCUT2D eigenvalue weighted by Gasteiger charge is -2.34. The minimum absolute atomic E-state index is 0.0799. The Labute approximate surface area is 115 Å². The van der Waals surface area contributed by atoms with Gasteiger partial charge in [0.05, 0.1) is 6.54 Å². The summed E-state index contributed by atoms with van der Waals surface area (Å²) in [6.45, 7) is -0.0799. The van der Waals surface area contributed by atoms with Gasteiger partial charge in [-0.3, -0.25) is 14.6 Å². The van der Waals surface area contributed by atoms with Crippen molar-refractivity contribution in [3.05, 3.63) is 30.1 Å². The first-order valence-corrected chi connectivity index (χ1v) is 6.31. The number of Topliss-reactive ketones (excluding diaryl/α,β-unsaturated/α-hetero) is 1. The fraction of sp³-hybridized carbons (Fsp3) is 0.429. The standard InChI is InChI=1S/C14H14FN3O2/c15-14(9-16)6-11(7-14)13(20)18-8-12(19)5-10-1-3-17-4-2-10/h1-4,11H,5-8H2,(H,18,20). The van der Waals surface area contributed by atoms with E-state index in [2.05, 4.69) is 10.3 Å². The van der Waals surface area contributed by atoms with Crippen molar-refractivity contribution in [1.82, 2.24) is 10.3 Å². The second-order valence-corrected chi connectivity index (χ2v) is 4.97. The van der Waals surface area contributed by atoms with Gasteiger partial charge in [-0.25, -0.2) is 4.39 Å². The minimum Gasteiger partial charge on any atom is -0.349 e. The van der Waals surface area contributed by atoms with Crippen LogP contribution in [0.4, 0.5) is 4.39 Å². The fourth-order valence-electron chi connectivity index (χ4n) is 2.12. The molecule has 0 aliphatic heterocycles. The maximum atomic E-state index is 13.3. The number of alkyl halides is 1. The molecule has 0 radical (unpaired) electrons. The average Bonchev–Trinajstić information content (AvgIpc) is 2.42. The van der Waals surface area contributed by atoms with Crippen LogP contribution in [0.25, 0.3) is 0 Å². The quantitative estimate of drug-likeness (QED) is 0.867. The molecule has 1 fully saturated rings. The SMILES string of the molecule is N#CC1(F)CC(C(=O)NCC(=O)Cc2ccncc2)C1. The van der Waals surface area contributed by atoms with E-state index < -0.39 is 11.6 Å². The molecule has 0 unspecified atom stereocenters. The number of halogens is 1. The van der Waals surface area contributed by atoms with Gasteiger partial charge in [-0.15, -0.1) is 0 Å². The molecule has 1 amide bonds. The first-order valence-electron chi connectivity index (χ1n) is 6.31. The first-order chi connectivity index (χ1) is 9.52. The van der Waals surface area contributed by atoms with Crippen LogP contribution in [-0.2, 0) is 16.0 Å². The molecule has 104 valence electrons. The molecule has 0 atom stereocenters. The molecular weight excluding hydrogens is 261 g/mol. The Morgan fingerprint density at radius 2 is 2.10 bits per heavy atom. The average molecular weight is 275 g/mol. The molecule has 1 N–H and O–H groups in total. The number of nitrogens with zero attached hydrogens (tertiary/aromatic N) is 2. The predicted molar refractivity (Wildman–Crippen MR) is 68.1 cm³/mol.